The van der Waals surface area contributed by atoms with E-state index in [1.54, 1.807) is 13.0 Å². The van der Waals surface area contributed by atoms with E-state index in [0.717, 1.165) is 10.8 Å². The van der Waals surface area contributed by atoms with Gasteiger partial charge in [-0.2, -0.15) is 5.26 Å². The van der Waals surface area contributed by atoms with Crippen LogP contribution in [0, 0.1) is 24.1 Å². The summed E-state index contributed by atoms with van der Waals surface area (Å²) in [4.78, 5) is 25.1. The number of rotatable bonds is 1. The molecule has 0 aliphatic rings. The highest BCUT2D eigenvalue weighted by molar-refractivity contribution is 9.10. The molecule has 7 heteroatoms. The molecule has 0 radical (unpaired) electrons. The lowest BCUT2D eigenvalue weighted by molar-refractivity contribution is 0.619. The number of aryl methyl sites for hydroxylation is 1. The first-order valence-corrected chi connectivity index (χ1v) is 5.95. The molecule has 96 valence electrons. The van der Waals surface area contributed by atoms with Gasteiger partial charge in [0.05, 0.1) is 10.2 Å². The number of nitriles is 1. The van der Waals surface area contributed by atoms with Crippen molar-refractivity contribution in [3.8, 4) is 11.8 Å². The van der Waals surface area contributed by atoms with Crippen LogP contribution in [0.25, 0.3) is 5.69 Å². The first-order valence-electron chi connectivity index (χ1n) is 5.16. The van der Waals surface area contributed by atoms with Crippen LogP contribution >= 0.6 is 15.9 Å². The fourth-order valence-electron chi connectivity index (χ4n) is 1.62. The third kappa shape index (κ3) is 2.35. The van der Waals surface area contributed by atoms with E-state index >= 15 is 0 Å². The van der Waals surface area contributed by atoms with Crippen LogP contribution in [0.15, 0.2) is 32.4 Å². The van der Waals surface area contributed by atoms with Crippen molar-refractivity contribution >= 4 is 15.9 Å². The molecular formula is C12H7BrFN3O2. The Bertz CT molecular complexity index is 817. The Morgan fingerprint density at radius 3 is 2.74 bits per heavy atom. The van der Waals surface area contributed by atoms with Gasteiger partial charge in [0.1, 0.15) is 17.4 Å². The van der Waals surface area contributed by atoms with Crippen molar-refractivity contribution in [2.45, 2.75) is 6.92 Å². The van der Waals surface area contributed by atoms with Gasteiger partial charge in [0.2, 0.25) is 0 Å². The van der Waals surface area contributed by atoms with Crippen molar-refractivity contribution in [2.24, 2.45) is 0 Å². The minimum Gasteiger partial charge on any atom is -0.273 e. The van der Waals surface area contributed by atoms with E-state index in [4.69, 9.17) is 5.26 Å². The Morgan fingerprint density at radius 1 is 1.42 bits per heavy atom. The molecule has 0 amide bonds. The van der Waals surface area contributed by atoms with E-state index in [1.165, 1.54) is 12.1 Å². The summed E-state index contributed by atoms with van der Waals surface area (Å²) in [7, 11) is 0. The Morgan fingerprint density at radius 2 is 2.11 bits per heavy atom. The average Bonchev–Trinajstić information content (AvgIpc) is 2.35. The number of hydrogen-bond acceptors (Lipinski definition) is 3. The molecule has 19 heavy (non-hydrogen) atoms. The largest absolute Gasteiger partial charge is 0.332 e. The molecule has 0 saturated heterocycles. The first-order chi connectivity index (χ1) is 8.93. The van der Waals surface area contributed by atoms with Gasteiger partial charge in [-0.15, -0.1) is 0 Å². The Hall–Kier alpha value is -2.20. The lowest BCUT2D eigenvalue weighted by Gasteiger charge is -2.10. The normalized spacial score (nSPS) is 10.2. The fourth-order valence-corrected chi connectivity index (χ4v) is 1.96. The molecule has 1 aromatic carbocycles. The van der Waals surface area contributed by atoms with Gasteiger partial charge < -0.3 is 0 Å². The lowest BCUT2D eigenvalue weighted by Crippen LogP contribution is -2.30. The number of aromatic amines is 1. The number of aromatic nitrogens is 2. The molecule has 2 aromatic rings. The number of benzene rings is 1. The first kappa shape index (κ1) is 13.2. The summed E-state index contributed by atoms with van der Waals surface area (Å²) in [6.45, 7) is 1.62. The Balaban J connectivity index is 2.80. The molecule has 1 aromatic heterocycles. The van der Waals surface area contributed by atoms with Crippen molar-refractivity contribution in [1.29, 1.82) is 5.26 Å². The molecular weight excluding hydrogens is 317 g/mol. The Labute approximate surface area is 115 Å². The van der Waals surface area contributed by atoms with Crippen LogP contribution in [0.5, 0.6) is 0 Å². The van der Waals surface area contributed by atoms with E-state index < -0.39 is 17.1 Å². The third-order valence-electron chi connectivity index (χ3n) is 2.56. The molecule has 0 bridgehead atoms. The molecule has 0 aliphatic heterocycles. The zero-order valence-electron chi connectivity index (χ0n) is 9.70. The van der Waals surface area contributed by atoms with Crippen LogP contribution in [-0.2, 0) is 0 Å². The van der Waals surface area contributed by atoms with Crippen molar-refractivity contribution in [2.75, 3.05) is 0 Å². The average molecular weight is 324 g/mol. The minimum atomic E-state index is -0.748. The van der Waals surface area contributed by atoms with Gasteiger partial charge in [0, 0.05) is 6.20 Å². The number of H-pyrrole nitrogens is 1. The standard InChI is InChI=1S/C12H7BrFN3O2/c1-6-2-9(14)8(13)3-10(6)17-5-7(4-15)11(18)16-12(17)19/h2-3,5H,1H3,(H,16,18,19). The predicted molar refractivity (Wildman–Crippen MR) is 69.8 cm³/mol. The fraction of sp³-hybridized carbons (Fsp3) is 0.0833. The highest BCUT2D eigenvalue weighted by Crippen LogP contribution is 2.22. The summed E-state index contributed by atoms with van der Waals surface area (Å²) in [6.07, 6.45) is 1.13. The van der Waals surface area contributed by atoms with Crippen molar-refractivity contribution in [1.82, 2.24) is 9.55 Å². The van der Waals surface area contributed by atoms with E-state index in [-0.39, 0.29) is 10.0 Å². The summed E-state index contributed by atoms with van der Waals surface area (Å²) >= 11 is 3.02. The topological polar surface area (TPSA) is 78.7 Å². The molecule has 5 nitrogen and oxygen atoms in total. The number of halogens is 2. The molecule has 0 unspecified atom stereocenters. The van der Waals surface area contributed by atoms with E-state index in [1.807, 2.05) is 4.98 Å². The number of hydrogen-bond donors (Lipinski definition) is 1. The molecule has 0 atom stereocenters. The van der Waals surface area contributed by atoms with Gasteiger partial charge in [0.15, 0.2) is 0 Å². The van der Waals surface area contributed by atoms with Crippen molar-refractivity contribution in [3.63, 3.8) is 0 Å². The van der Waals surface area contributed by atoms with Crippen LogP contribution in [-0.4, -0.2) is 9.55 Å². The number of nitrogens with one attached hydrogen (secondary N) is 1. The molecule has 1 heterocycles. The van der Waals surface area contributed by atoms with Gasteiger partial charge in [-0.25, -0.2) is 9.18 Å². The second kappa shape index (κ2) is 4.82. The molecule has 0 aliphatic carbocycles. The van der Waals surface area contributed by atoms with Crippen LogP contribution in [0.1, 0.15) is 11.1 Å². The second-order valence-electron chi connectivity index (χ2n) is 3.84. The summed E-state index contributed by atoms with van der Waals surface area (Å²) in [5.41, 5.74) is -0.752. The smallest absolute Gasteiger partial charge is 0.273 e. The van der Waals surface area contributed by atoms with Crippen molar-refractivity contribution in [3.05, 3.63) is 60.6 Å². The van der Waals surface area contributed by atoms with Gasteiger partial charge in [-0.05, 0) is 40.5 Å². The summed E-state index contributed by atoms with van der Waals surface area (Å²) in [5, 5.41) is 8.79. The number of nitrogens with zero attached hydrogens (tertiary/aromatic N) is 2. The van der Waals surface area contributed by atoms with Crippen LogP contribution in [0.2, 0.25) is 0 Å². The highest BCUT2D eigenvalue weighted by Gasteiger charge is 2.11. The van der Waals surface area contributed by atoms with Crippen LogP contribution in [0.4, 0.5) is 4.39 Å². The van der Waals surface area contributed by atoms with E-state index in [9.17, 15) is 14.0 Å². The van der Waals surface area contributed by atoms with Gasteiger partial charge >= 0.3 is 5.69 Å². The molecule has 1 N–H and O–H groups in total. The SMILES string of the molecule is Cc1cc(F)c(Br)cc1-n1cc(C#N)c(=O)[nH]c1=O. The summed E-state index contributed by atoms with van der Waals surface area (Å²) in [5.74, 6) is -0.459. The third-order valence-corrected chi connectivity index (χ3v) is 3.17. The quantitative estimate of drug-likeness (QED) is 0.865. The Kier molecular flexibility index (Phi) is 3.36. The van der Waals surface area contributed by atoms with E-state index in [2.05, 4.69) is 15.9 Å². The van der Waals surface area contributed by atoms with Gasteiger partial charge in [0.25, 0.3) is 5.56 Å². The molecule has 0 spiro atoms. The van der Waals surface area contributed by atoms with Gasteiger partial charge in [-0.3, -0.25) is 14.3 Å². The maximum atomic E-state index is 13.3. The maximum absolute atomic E-state index is 13.3. The zero-order chi connectivity index (χ0) is 14.2. The lowest BCUT2D eigenvalue weighted by atomic mass is 10.2. The van der Waals surface area contributed by atoms with Gasteiger partial charge in [-0.1, -0.05) is 0 Å². The maximum Gasteiger partial charge on any atom is 0.332 e. The summed E-state index contributed by atoms with van der Waals surface area (Å²) in [6, 6.07) is 4.35. The van der Waals surface area contributed by atoms with Crippen molar-refractivity contribution < 1.29 is 4.39 Å². The summed E-state index contributed by atoms with van der Waals surface area (Å²) < 4.78 is 14.6. The minimum absolute atomic E-state index is 0.185. The zero-order valence-corrected chi connectivity index (χ0v) is 11.3. The second-order valence-corrected chi connectivity index (χ2v) is 4.69. The molecule has 0 fully saturated rings. The predicted octanol–water partition coefficient (Wildman–Crippen LogP) is 1.61. The van der Waals surface area contributed by atoms with Crippen LogP contribution < -0.4 is 11.2 Å². The van der Waals surface area contributed by atoms with E-state index in [0.29, 0.717) is 11.3 Å². The molecule has 0 saturated carbocycles. The monoisotopic (exact) mass is 323 g/mol. The highest BCUT2D eigenvalue weighted by atomic mass is 79.9. The molecule has 2 rings (SSSR count). The van der Waals surface area contributed by atoms with Crippen LogP contribution in [0.3, 0.4) is 0 Å².